The van der Waals surface area contributed by atoms with Crippen molar-refractivity contribution in [3.63, 3.8) is 0 Å². The van der Waals surface area contributed by atoms with Gasteiger partial charge in [-0.05, 0) is 32.9 Å². The first kappa shape index (κ1) is 14.0. The maximum atomic E-state index is 12.2. The number of aromatic amines is 1. The molecule has 1 aromatic heterocycles. The summed E-state index contributed by atoms with van der Waals surface area (Å²) < 4.78 is 0. The van der Waals surface area contributed by atoms with E-state index in [0.717, 1.165) is 31.6 Å². The van der Waals surface area contributed by atoms with Gasteiger partial charge in [0.05, 0.1) is 11.8 Å². The van der Waals surface area contributed by atoms with Crippen molar-refractivity contribution < 1.29 is 4.79 Å². The highest BCUT2D eigenvalue weighted by Gasteiger charge is 2.24. The second-order valence-electron chi connectivity index (χ2n) is 4.31. The standard InChI is InChI=1S/C11H18N4O.ClH/c1-8-10(7-13-14-8)11(16)15(2)9-3-5-12-6-4-9;/h7,9,12H,3-6H2,1-2H3,(H,13,14);1H. The third-order valence-corrected chi connectivity index (χ3v) is 3.24. The highest BCUT2D eigenvalue weighted by molar-refractivity contribution is 5.95. The van der Waals surface area contributed by atoms with Crippen LogP contribution in [0.3, 0.4) is 0 Å². The van der Waals surface area contributed by atoms with Gasteiger partial charge in [0.2, 0.25) is 0 Å². The van der Waals surface area contributed by atoms with E-state index in [0.29, 0.717) is 11.6 Å². The molecular formula is C11H19ClN4O. The van der Waals surface area contributed by atoms with Gasteiger partial charge in [0, 0.05) is 18.8 Å². The Morgan fingerprint density at radius 3 is 2.65 bits per heavy atom. The largest absolute Gasteiger partial charge is 0.339 e. The van der Waals surface area contributed by atoms with Gasteiger partial charge in [-0.3, -0.25) is 9.89 Å². The first-order valence-corrected chi connectivity index (χ1v) is 5.68. The molecule has 1 aliphatic rings. The van der Waals surface area contributed by atoms with E-state index in [9.17, 15) is 4.79 Å². The molecule has 1 aliphatic heterocycles. The van der Waals surface area contributed by atoms with Gasteiger partial charge in [0.15, 0.2) is 0 Å². The summed E-state index contributed by atoms with van der Waals surface area (Å²) in [6.07, 6.45) is 3.66. The van der Waals surface area contributed by atoms with E-state index in [1.165, 1.54) is 0 Å². The van der Waals surface area contributed by atoms with Gasteiger partial charge in [-0.1, -0.05) is 0 Å². The lowest BCUT2D eigenvalue weighted by atomic mass is 10.0. The van der Waals surface area contributed by atoms with Crippen LogP contribution in [0.5, 0.6) is 0 Å². The zero-order chi connectivity index (χ0) is 11.5. The molecule has 0 radical (unpaired) electrons. The van der Waals surface area contributed by atoms with E-state index >= 15 is 0 Å². The van der Waals surface area contributed by atoms with E-state index in [2.05, 4.69) is 15.5 Å². The summed E-state index contributed by atoms with van der Waals surface area (Å²) >= 11 is 0. The van der Waals surface area contributed by atoms with Gasteiger partial charge in [-0.15, -0.1) is 12.4 Å². The fraction of sp³-hybridized carbons (Fsp3) is 0.636. The van der Waals surface area contributed by atoms with Gasteiger partial charge >= 0.3 is 0 Å². The molecule has 96 valence electrons. The minimum atomic E-state index is 0. The molecule has 1 fully saturated rings. The van der Waals surface area contributed by atoms with Crippen molar-refractivity contribution in [3.8, 4) is 0 Å². The molecule has 1 amide bonds. The number of aryl methyl sites for hydroxylation is 1. The van der Waals surface area contributed by atoms with Crippen LogP contribution in [0, 0.1) is 6.92 Å². The Morgan fingerprint density at radius 2 is 2.12 bits per heavy atom. The molecule has 0 unspecified atom stereocenters. The Morgan fingerprint density at radius 1 is 1.47 bits per heavy atom. The Hall–Kier alpha value is -1.07. The van der Waals surface area contributed by atoms with Gasteiger partial charge in [-0.25, -0.2) is 0 Å². The number of hydrogen-bond donors (Lipinski definition) is 2. The molecule has 2 N–H and O–H groups in total. The molecule has 0 bridgehead atoms. The van der Waals surface area contributed by atoms with E-state index in [4.69, 9.17) is 0 Å². The molecule has 0 saturated carbocycles. The topological polar surface area (TPSA) is 61.0 Å². The summed E-state index contributed by atoms with van der Waals surface area (Å²) in [5.41, 5.74) is 1.52. The Kier molecular flexibility index (Phi) is 4.96. The Balaban J connectivity index is 0.00000144. The highest BCUT2D eigenvalue weighted by atomic mass is 35.5. The van der Waals surface area contributed by atoms with Crippen molar-refractivity contribution in [1.82, 2.24) is 20.4 Å². The molecule has 6 heteroatoms. The number of amides is 1. The minimum absolute atomic E-state index is 0. The molecule has 5 nitrogen and oxygen atoms in total. The van der Waals surface area contributed by atoms with Crippen LogP contribution in [-0.2, 0) is 0 Å². The van der Waals surface area contributed by atoms with Crippen LogP contribution in [0.15, 0.2) is 6.20 Å². The van der Waals surface area contributed by atoms with Crippen LogP contribution in [0.25, 0.3) is 0 Å². The third kappa shape index (κ3) is 2.98. The van der Waals surface area contributed by atoms with Gasteiger partial charge in [0.1, 0.15) is 0 Å². The van der Waals surface area contributed by atoms with Crippen LogP contribution in [0.2, 0.25) is 0 Å². The lowest BCUT2D eigenvalue weighted by Crippen LogP contribution is -2.44. The van der Waals surface area contributed by atoms with Crippen molar-refractivity contribution in [3.05, 3.63) is 17.5 Å². The maximum absolute atomic E-state index is 12.2. The molecule has 1 aromatic rings. The van der Waals surface area contributed by atoms with Crippen molar-refractivity contribution in [2.75, 3.05) is 20.1 Å². The van der Waals surface area contributed by atoms with Gasteiger partial charge < -0.3 is 10.2 Å². The number of H-pyrrole nitrogens is 1. The third-order valence-electron chi connectivity index (χ3n) is 3.24. The van der Waals surface area contributed by atoms with E-state index in [1.807, 2.05) is 18.9 Å². The van der Waals surface area contributed by atoms with Crippen LogP contribution in [0.1, 0.15) is 28.9 Å². The number of nitrogens with one attached hydrogen (secondary N) is 2. The second kappa shape index (κ2) is 6.02. The molecule has 0 aliphatic carbocycles. The first-order chi connectivity index (χ1) is 7.70. The summed E-state index contributed by atoms with van der Waals surface area (Å²) in [6, 6.07) is 0.350. The van der Waals surface area contributed by atoms with Crippen LogP contribution < -0.4 is 5.32 Å². The average molecular weight is 259 g/mol. The monoisotopic (exact) mass is 258 g/mol. The van der Waals surface area contributed by atoms with E-state index in [1.54, 1.807) is 6.20 Å². The zero-order valence-corrected chi connectivity index (χ0v) is 11.0. The molecule has 2 rings (SSSR count). The highest BCUT2D eigenvalue weighted by Crippen LogP contribution is 2.14. The predicted octanol–water partition coefficient (Wildman–Crippen LogP) is 0.964. The number of aromatic nitrogens is 2. The lowest BCUT2D eigenvalue weighted by molar-refractivity contribution is 0.0702. The fourth-order valence-electron chi connectivity index (χ4n) is 2.12. The molecular weight excluding hydrogens is 240 g/mol. The summed E-state index contributed by atoms with van der Waals surface area (Å²) in [5, 5.41) is 9.98. The van der Waals surface area contributed by atoms with Crippen molar-refractivity contribution >= 4 is 18.3 Å². The number of nitrogens with zero attached hydrogens (tertiary/aromatic N) is 2. The lowest BCUT2D eigenvalue weighted by Gasteiger charge is -2.31. The van der Waals surface area contributed by atoms with Gasteiger partial charge in [0.25, 0.3) is 5.91 Å². The van der Waals surface area contributed by atoms with E-state index < -0.39 is 0 Å². The molecule has 0 spiro atoms. The summed E-state index contributed by atoms with van der Waals surface area (Å²) in [6.45, 7) is 3.86. The smallest absolute Gasteiger partial charge is 0.257 e. The zero-order valence-electron chi connectivity index (χ0n) is 10.2. The molecule has 2 heterocycles. The maximum Gasteiger partial charge on any atom is 0.257 e. The summed E-state index contributed by atoms with van der Waals surface area (Å²) in [7, 11) is 1.88. The van der Waals surface area contributed by atoms with Crippen LogP contribution >= 0.6 is 12.4 Å². The Labute approximate surface area is 107 Å². The quantitative estimate of drug-likeness (QED) is 0.831. The van der Waals surface area contributed by atoms with E-state index in [-0.39, 0.29) is 18.3 Å². The average Bonchev–Trinajstić information content (AvgIpc) is 2.75. The minimum Gasteiger partial charge on any atom is -0.339 e. The predicted molar refractivity (Wildman–Crippen MR) is 68.6 cm³/mol. The van der Waals surface area contributed by atoms with Crippen molar-refractivity contribution in [2.24, 2.45) is 0 Å². The Bertz CT molecular complexity index is 373. The number of halogens is 1. The summed E-state index contributed by atoms with van der Waals surface area (Å²) in [5.74, 6) is 0.0677. The fourth-order valence-corrected chi connectivity index (χ4v) is 2.12. The number of piperidine rings is 1. The SMILES string of the molecule is Cc1[nH]ncc1C(=O)N(C)C1CCNCC1.Cl. The number of carbonyl (C=O) groups excluding carboxylic acids is 1. The molecule has 1 saturated heterocycles. The first-order valence-electron chi connectivity index (χ1n) is 5.68. The van der Waals surface area contributed by atoms with Crippen molar-refractivity contribution in [1.29, 1.82) is 0 Å². The number of hydrogen-bond acceptors (Lipinski definition) is 3. The number of rotatable bonds is 2. The van der Waals surface area contributed by atoms with Crippen LogP contribution in [-0.4, -0.2) is 47.2 Å². The molecule has 0 atom stereocenters. The molecule has 17 heavy (non-hydrogen) atoms. The summed E-state index contributed by atoms with van der Waals surface area (Å²) in [4.78, 5) is 14.0. The van der Waals surface area contributed by atoms with Crippen molar-refractivity contribution in [2.45, 2.75) is 25.8 Å². The van der Waals surface area contributed by atoms with Gasteiger partial charge in [-0.2, -0.15) is 5.10 Å². The second-order valence-corrected chi connectivity index (χ2v) is 4.31. The molecule has 0 aromatic carbocycles. The number of carbonyl (C=O) groups is 1. The normalized spacial score (nSPS) is 16.4. The van der Waals surface area contributed by atoms with Crippen LogP contribution in [0.4, 0.5) is 0 Å².